The van der Waals surface area contributed by atoms with Crippen LogP contribution in [0.15, 0.2) is 176 Å². The molecule has 2 heterocycles. The smallest absolute Gasteiger partial charge is 0.229 e. The summed E-state index contributed by atoms with van der Waals surface area (Å²) in [6.45, 7) is 1.69. The third-order valence-electron chi connectivity index (χ3n) is 9.44. The fraction of sp³-hybridized carbons (Fsp3) is 0.277. The first-order valence-corrected chi connectivity index (χ1v) is 19.0. The maximum atomic E-state index is 12.0. The van der Waals surface area contributed by atoms with E-state index in [1.807, 2.05) is 152 Å². The molecular formula is C47H48O9. The van der Waals surface area contributed by atoms with Crippen LogP contribution < -0.4 is 0 Å². The maximum Gasteiger partial charge on any atom is 0.229 e. The van der Waals surface area contributed by atoms with Gasteiger partial charge >= 0.3 is 0 Å². The van der Waals surface area contributed by atoms with Crippen LogP contribution in [0.4, 0.5) is 0 Å². The molecule has 1 fully saturated rings. The molecule has 0 spiro atoms. The molecule has 5 aromatic carbocycles. The van der Waals surface area contributed by atoms with Gasteiger partial charge in [0, 0.05) is 6.08 Å². The molecule has 7 rings (SSSR count). The van der Waals surface area contributed by atoms with E-state index in [1.165, 1.54) is 0 Å². The molecule has 290 valence electrons. The standard InChI is InChI=1S/C47H48O9/c48-43-41(33-49-28-35-16-6-1-7-17-35)55-47(46(54-32-39-24-14-5-15-25-39)45(43)53-31-38-22-12-4-13-23-38)56-44-40(52-30-37-20-10-3-11-21-37)26-27-51-42(44)34-50-29-36-18-8-2-9-19-36/h1-27,41-43,45-48H,28-34H2/t41?,42?,43-,45?,46?,47-/m0/s1. The molecule has 5 aromatic rings. The topological polar surface area (TPSA) is 94.1 Å². The first-order valence-electron chi connectivity index (χ1n) is 19.0. The van der Waals surface area contributed by atoms with Gasteiger partial charge in [-0.25, -0.2) is 0 Å². The maximum absolute atomic E-state index is 12.0. The molecule has 1 N–H and O–H groups in total. The van der Waals surface area contributed by atoms with Crippen molar-refractivity contribution in [3.8, 4) is 0 Å². The Balaban J connectivity index is 1.18. The number of benzene rings is 5. The number of allylic oxidation sites excluding steroid dienone is 1. The molecule has 0 bridgehead atoms. The summed E-state index contributed by atoms with van der Waals surface area (Å²) in [5, 5.41) is 12.0. The summed E-state index contributed by atoms with van der Waals surface area (Å²) in [7, 11) is 0. The summed E-state index contributed by atoms with van der Waals surface area (Å²) in [6.07, 6.45) is -2.16. The van der Waals surface area contributed by atoms with Crippen LogP contribution in [0, 0.1) is 0 Å². The van der Waals surface area contributed by atoms with Crippen LogP contribution in [0.5, 0.6) is 0 Å². The van der Waals surface area contributed by atoms with Crippen LogP contribution in [-0.4, -0.2) is 55.1 Å². The minimum absolute atomic E-state index is 0.0724. The summed E-state index contributed by atoms with van der Waals surface area (Å²) in [5.74, 6) is 0.834. The van der Waals surface area contributed by atoms with Crippen LogP contribution in [-0.2, 0) is 70.9 Å². The molecule has 2 aliphatic rings. The lowest BCUT2D eigenvalue weighted by Gasteiger charge is -2.44. The van der Waals surface area contributed by atoms with Crippen LogP contribution >= 0.6 is 0 Å². The summed E-state index contributed by atoms with van der Waals surface area (Å²) in [5.41, 5.74) is 4.91. The van der Waals surface area contributed by atoms with E-state index in [1.54, 1.807) is 12.3 Å². The Morgan fingerprint density at radius 1 is 0.500 bits per heavy atom. The minimum atomic E-state index is -1.12. The van der Waals surface area contributed by atoms with Crippen molar-refractivity contribution in [2.24, 2.45) is 0 Å². The van der Waals surface area contributed by atoms with Crippen molar-refractivity contribution >= 4 is 0 Å². The summed E-state index contributed by atoms with van der Waals surface area (Å²) in [6, 6.07) is 49.3. The van der Waals surface area contributed by atoms with Gasteiger partial charge in [-0.1, -0.05) is 152 Å². The average Bonchev–Trinajstić information content (AvgIpc) is 3.25. The summed E-state index contributed by atoms with van der Waals surface area (Å²) >= 11 is 0. The molecule has 0 amide bonds. The number of rotatable bonds is 19. The van der Waals surface area contributed by atoms with Gasteiger partial charge in [0.05, 0.1) is 45.9 Å². The van der Waals surface area contributed by atoms with E-state index in [-0.39, 0.29) is 26.4 Å². The Hall–Kier alpha value is -5.26. The Morgan fingerprint density at radius 2 is 0.946 bits per heavy atom. The van der Waals surface area contributed by atoms with Crippen molar-refractivity contribution in [1.82, 2.24) is 0 Å². The quantitative estimate of drug-likeness (QED) is 0.0899. The Bertz CT molecular complexity index is 1920. The summed E-state index contributed by atoms with van der Waals surface area (Å²) in [4.78, 5) is 0. The van der Waals surface area contributed by atoms with Gasteiger partial charge in [0.25, 0.3) is 0 Å². The third-order valence-corrected chi connectivity index (χ3v) is 9.44. The number of hydrogen-bond acceptors (Lipinski definition) is 9. The van der Waals surface area contributed by atoms with Gasteiger partial charge in [0.2, 0.25) is 6.29 Å². The normalized spacial score (nSPS) is 22.0. The zero-order valence-corrected chi connectivity index (χ0v) is 31.2. The van der Waals surface area contributed by atoms with Gasteiger partial charge in [-0.3, -0.25) is 0 Å². The van der Waals surface area contributed by atoms with Crippen LogP contribution in [0.3, 0.4) is 0 Å². The van der Waals surface area contributed by atoms with Crippen LogP contribution in [0.2, 0.25) is 0 Å². The van der Waals surface area contributed by atoms with Gasteiger partial charge in [-0.05, 0) is 27.8 Å². The molecule has 4 unspecified atom stereocenters. The highest BCUT2D eigenvalue weighted by atomic mass is 16.7. The van der Waals surface area contributed by atoms with Crippen molar-refractivity contribution < 1.29 is 43.0 Å². The second kappa shape index (κ2) is 20.6. The Kier molecular flexibility index (Phi) is 14.3. The van der Waals surface area contributed by atoms with Crippen molar-refractivity contribution in [3.05, 3.63) is 203 Å². The van der Waals surface area contributed by atoms with Crippen LogP contribution in [0.1, 0.15) is 27.8 Å². The van der Waals surface area contributed by atoms with E-state index in [0.29, 0.717) is 31.3 Å². The van der Waals surface area contributed by atoms with Crippen molar-refractivity contribution in [2.45, 2.75) is 69.8 Å². The zero-order chi connectivity index (χ0) is 38.2. The highest BCUT2D eigenvalue weighted by Gasteiger charge is 2.49. The molecule has 56 heavy (non-hydrogen) atoms. The van der Waals surface area contributed by atoms with E-state index in [9.17, 15) is 5.11 Å². The average molecular weight is 757 g/mol. The molecular weight excluding hydrogens is 709 g/mol. The third kappa shape index (κ3) is 11.2. The lowest BCUT2D eigenvalue weighted by Crippen LogP contribution is -2.61. The number of aliphatic hydroxyl groups is 1. The van der Waals surface area contributed by atoms with E-state index < -0.39 is 36.8 Å². The minimum Gasteiger partial charge on any atom is -0.487 e. The number of ether oxygens (including phenoxy) is 8. The molecule has 0 aromatic heterocycles. The molecule has 0 radical (unpaired) electrons. The predicted octanol–water partition coefficient (Wildman–Crippen LogP) is 8.03. The second-order valence-corrected chi connectivity index (χ2v) is 13.6. The number of hydrogen-bond donors (Lipinski definition) is 1. The Morgan fingerprint density at radius 3 is 1.46 bits per heavy atom. The van der Waals surface area contributed by atoms with E-state index in [2.05, 4.69) is 0 Å². The molecule has 9 nitrogen and oxygen atoms in total. The van der Waals surface area contributed by atoms with E-state index in [0.717, 1.165) is 27.8 Å². The van der Waals surface area contributed by atoms with E-state index >= 15 is 0 Å². The van der Waals surface area contributed by atoms with Crippen molar-refractivity contribution in [2.75, 3.05) is 13.2 Å². The molecule has 9 heteroatoms. The molecule has 0 aliphatic carbocycles. The molecule has 1 saturated heterocycles. The fourth-order valence-corrected chi connectivity index (χ4v) is 6.48. The van der Waals surface area contributed by atoms with Gasteiger partial charge in [0.1, 0.15) is 31.0 Å². The first-order chi connectivity index (χ1) is 27.7. The van der Waals surface area contributed by atoms with E-state index in [4.69, 9.17) is 37.9 Å². The Labute approximate surface area is 328 Å². The zero-order valence-electron chi connectivity index (χ0n) is 31.2. The lowest BCUT2D eigenvalue weighted by molar-refractivity contribution is -0.316. The van der Waals surface area contributed by atoms with Crippen LogP contribution in [0.25, 0.3) is 0 Å². The van der Waals surface area contributed by atoms with Gasteiger partial charge in [-0.2, -0.15) is 0 Å². The monoisotopic (exact) mass is 756 g/mol. The first kappa shape index (κ1) is 39.0. The second-order valence-electron chi connectivity index (χ2n) is 13.6. The van der Waals surface area contributed by atoms with Gasteiger partial charge < -0.3 is 43.0 Å². The van der Waals surface area contributed by atoms with Crippen molar-refractivity contribution in [1.29, 1.82) is 0 Å². The largest absolute Gasteiger partial charge is 0.487 e. The SMILES string of the molecule is O[C@H]1C(COCc2ccccc2)O[C@@H](OC2=C(OCc3ccccc3)C=COC2COCc2ccccc2)C(OCc2ccccc2)C1OCc1ccccc1. The lowest BCUT2D eigenvalue weighted by atomic mass is 9.98. The van der Waals surface area contributed by atoms with Crippen molar-refractivity contribution in [3.63, 3.8) is 0 Å². The summed E-state index contributed by atoms with van der Waals surface area (Å²) < 4.78 is 51.6. The molecule has 6 atom stereocenters. The van der Waals surface area contributed by atoms with Gasteiger partial charge in [0.15, 0.2) is 17.6 Å². The number of aliphatic hydroxyl groups excluding tert-OH is 1. The highest BCUT2D eigenvalue weighted by molar-refractivity contribution is 5.24. The molecule has 0 saturated carbocycles. The molecule has 2 aliphatic heterocycles. The highest BCUT2D eigenvalue weighted by Crippen LogP contribution is 2.33. The fourth-order valence-electron chi connectivity index (χ4n) is 6.48. The van der Waals surface area contributed by atoms with Gasteiger partial charge in [-0.15, -0.1) is 0 Å². The predicted molar refractivity (Wildman–Crippen MR) is 210 cm³/mol.